The zero-order valence-electron chi connectivity index (χ0n) is 15.9. The molecule has 0 atom stereocenters. The summed E-state index contributed by atoms with van der Waals surface area (Å²) in [7, 11) is 3.83. The minimum Gasteiger partial charge on any atom is -0.342 e. The van der Waals surface area contributed by atoms with Gasteiger partial charge in [-0.3, -0.25) is 9.59 Å². The van der Waals surface area contributed by atoms with Gasteiger partial charge in [0, 0.05) is 38.0 Å². The van der Waals surface area contributed by atoms with Crippen molar-refractivity contribution in [2.24, 2.45) is 5.41 Å². The van der Waals surface area contributed by atoms with Crippen LogP contribution in [0.4, 0.5) is 0 Å². The maximum absolute atomic E-state index is 12.5. The number of hydrogen-bond donors (Lipinski definition) is 0. The molecule has 26 heavy (non-hydrogen) atoms. The summed E-state index contributed by atoms with van der Waals surface area (Å²) >= 11 is 0. The second-order valence-electron chi connectivity index (χ2n) is 7.88. The third-order valence-electron chi connectivity index (χ3n) is 5.47. The van der Waals surface area contributed by atoms with Gasteiger partial charge < -0.3 is 14.7 Å². The highest BCUT2D eigenvalue weighted by atomic mass is 16.2. The summed E-state index contributed by atoms with van der Waals surface area (Å²) in [6.07, 6.45) is 6.62. The highest BCUT2D eigenvalue weighted by Crippen LogP contribution is 2.40. The molecule has 0 saturated carbocycles. The predicted molar refractivity (Wildman–Crippen MR) is 103 cm³/mol. The third-order valence-corrected chi connectivity index (χ3v) is 5.47. The summed E-state index contributed by atoms with van der Waals surface area (Å²) in [5, 5.41) is 0. The third kappa shape index (κ3) is 4.52. The van der Waals surface area contributed by atoms with E-state index >= 15 is 0 Å². The lowest BCUT2D eigenvalue weighted by Crippen LogP contribution is -2.46. The van der Waals surface area contributed by atoms with Crippen LogP contribution in [-0.4, -0.2) is 73.3 Å². The van der Waals surface area contributed by atoms with Crippen LogP contribution in [0.1, 0.15) is 24.8 Å². The van der Waals surface area contributed by atoms with E-state index in [9.17, 15) is 9.59 Å². The van der Waals surface area contributed by atoms with E-state index in [-0.39, 0.29) is 17.2 Å². The number of hydrogen-bond acceptors (Lipinski definition) is 3. The van der Waals surface area contributed by atoms with Crippen molar-refractivity contribution in [3.63, 3.8) is 0 Å². The summed E-state index contributed by atoms with van der Waals surface area (Å²) in [6.45, 7) is 3.49. The normalized spacial score (nSPS) is 19.9. The fourth-order valence-corrected chi connectivity index (χ4v) is 3.96. The second kappa shape index (κ2) is 8.04. The van der Waals surface area contributed by atoms with Crippen molar-refractivity contribution >= 4 is 17.9 Å². The van der Waals surface area contributed by atoms with E-state index in [0.29, 0.717) is 19.5 Å². The molecule has 5 heteroatoms. The van der Waals surface area contributed by atoms with E-state index in [0.717, 1.165) is 38.0 Å². The number of likely N-dealkylation sites (N-methyl/N-ethyl adjacent to an activating group) is 1. The van der Waals surface area contributed by atoms with E-state index < -0.39 is 0 Å². The Morgan fingerprint density at radius 3 is 2.54 bits per heavy atom. The Hall–Kier alpha value is -2.14. The number of rotatable bonds is 5. The van der Waals surface area contributed by atoms with Gasteiger partial charge in [-0.1, -0.05) is 42.5 Å². The number of amides is 2. The van der Waals surface area contributed by atoms with Gasteiger partial charge in [-0.05, 0) is 32.5 Å². The first kappa shape index (κ1) is 18.6. The van der Waals surface area contributed by atoms with Crippen molar-refractivity contribution in [1.29, 1.82) is 0 Å². The van der Waals surface area contributed by atoms with Gasteiger partial charge in [-0.2, -0.15) is 0 Å². The molecule has 2 saturated heterocycles. The number of nitrogens with zero attached hydrogens (tertiary/aromatic N) is 3. The molecule has 2 heterocycles. The van der Waals surface area contributed by atoms with Crippen molar-refractivity contribution in [1.82, 2.24) is 14.7 Å². The molecule has 140 valence electrons. The molecule has 3 rings (SSSR count). The molecule has 5 nitrogen and oxygen atoms in total. The van der Waals surface area contributed by atoms with Crippen LogP contribution in [0.2, 0.25) is 0 Å². The Morgan fingerprint density at radius 1 is 1.19 bits per heavy atom. The minimum atomic E-state index is 0.0621. The topological polar surface area (TPSA) is 43.9 Å². The summed E-state index contributed by atoms with van der Waals surface area (Å²) < 4.78 is 0. The number of benzene rings is 1. The molecule has 1 aromatic carbocycles. The average molecular weight is 355 g/mol. The van der Waals surface area contributed by atoms with Gasteiger partial charge in [0.15, 0.2) is 0 Å². The Kier molecular flexibility index (Phi) is 5.77. The quantitative estimate of drug-likeness (QED) is 0.812. The number of carbonyl (C=O) groups is 2. The molecule has 2 amide bonds. The van der Waals surface area contributed by atoms with Crippen LogP contribution in [0.5, 0.6) is 0 Å². The number of carbonyl (C=O) groups excluding carboxylic acids is 2. The highest BCUT2D eigenvalue weighted by Gasteiger charge is 2.44. The van der Waals surface area contributed by atoms with E-state index in [1.807, 2.05) is 47.0 Å². The van der Waals surface area contributed by atoms with Gasteiger partial charge >= 0.3 is 0 Å². The molecule has 0 radical (unpaired) electrons. The van der Waals surface area contributed by atoms with E-state index in [1.165, 1.54) is 0 Å². The fraction of sp³-hybridized carbons (Fsp3) is 0.524. The largest absolute Gasteiger partial charge is 0.342 e. The maximum Gasteiger partial charge on any atom is 0.236 e. The van der Waals surface area contributed by atoms with Gasteiger partial charge in [-0.25, -0.2) is 0 Å². The smallest absolute Gasteiger partial charge is 0.236 e. The van der Waals surface area contributed by atoms with Crippen molar-refractivity contribution in [2.45, 2.75) is 19.3 Å². The molecule has 0 N–H and O–H groups in total. The fourth-order valence-electron chi connectivity index (χ4n) is 3.96. The van der Waals surface area contributed by atoms with Gasteiger partial charge in [-0.15, -0.1) is 0 Å². The Morgan fingerprint density at radius 2 is 1.88 bits per heavy atom. The Balaban J connectivity index is 1.51. The van der Waals surface area contributed by atoms with Crippen molar-refractivity contribution in [3.05, 3.63) is 42.0 Å². The first-order valence-corrected chi connectivity index (χ1v) is 9.39. The Labute approximate surface area is 156 Å². The zero-order valence-corrected chi connectivity index (χ0v) is 15.9. The predicted octanol–water partition coefficient (Wildman–Crippen LogP) is 2.10. The van der Waals surface area contributed by atoms with Crippen molar-refractivity contribution in [3.8, 4) is 0 Å². The van der Waals surface area contributed by atoms with Gasteiger partial charge in [0.1, 0.15) is 0 Å². The molecule has 1 aromatic rings. The summed E-state index contributed by atoms with van der Waals surface area (Å²) in [5.74, 6) is 0.438. The molecule has 0 aromatic heterocycles. The molecule has 2 aliphatic heterocycles. The van der Waals surface area contributed by atoms with E-state index in [2.05, 4.69) is 24.3 Å². The molecular weight excluding hydrogens is 326 g/mol. The van der Waals surface area contributed by atoms with E-state index in [4.69, 9.17) is 0 Å². The van der Waals surface area contributed by atoms with Gasteiger partial charge in [0.05, 0.1) is 6.54 Å². The summed E-state index contributed by atoms with van der Waals surface area (Å²) in [4.78, 5) is 30.5. The first-order chi connectivity index (χ1) is 12.5. The summed E-state index contributed by atoms with van der Waals surface area (Å²) in [5.41, 5.74) is 1.22. The van der Waals surface area contributed by atoms with Crippen LogP contribution >= 0.6 is 0 Å². The molecule has 2 aliphatic rings. The SMILES string of the molecule is CN(C)CC(=O)N1CCC2(CC1)CC(=O)N(CC=Cc1ccccc1)C2. The molecular formula is C21H29N3O2. The number of likely N-dealkylation sites (tertiary alicyclic amines) is 2. The minimum absolute atomic E-state index is 0.0621. The highest BCUT2D eigenvalue weighted by molar-refractivity contribution is 5.80. The van der Waals surface area contributed by atoms with Crippen LogP contribution < -0.4 is 0 Å². The molecule has 0 aliphatic carbocycles. The van der Waals surface area contributed by atoms with Crippen molar-refractivity contribution in [2.75, 3.05) is 46.8 Å². The van der Waals surface area contributed by atoms with Gasteiger partial charge in [0.2, 0.25) is 11.8 Å². The molecule has 0 unspecified atom stereocenters. The average Bonchev–Trinajstić information content (AvgIpc) is 2.91. The first-order valence-electron chi connectivity index (χ1n) is 9.39. The van der Waals surface area contributed by atoms with E-state index in [1.54, 1.807) is 0 Å². The molecule has 1 spiro atoms. The summed E-state index contributed by atoms with van der Waals surface area (Å²) in [6, 6.07) is 10.2. The maximum atomic E-state index is 12.5. The lowest BCUT2D eigenvalue weighted by Gasteiger charge is -2.39. The zero-order chi connectivity index (χ0) is 18.6. The van der Waals surface area contributed by atoms with Crippen LogP contribution in [0.15, 0.2) is 36.4 Å². The standard InChI is InChI=1S/C21H29N3O2/c1-22(2)16-20(26)23-13-10-21(11-14-23)15-19(25)24(17-21)12-6-9-18-7-4-3-5-8-18/h3-9H,10-17H2,1-2H3. The molecule has 0 bridgehead atoms. The second-order valence-corrected chi connectivity index (χ2v) is 7.88. The number of piperidine rings is 1. The monoisotopic (exact) mass is 355 g/mol. The lowest BCUT2D eigenvalue weighted by atomic mass is 9.77. The Bertz CT molecular complexity index is 661. The molecule has 2 fully saturated rings. The van der Waals surface area contributed by atoms with Crippen LogP contribution in [0.3, 0.4) is 0 Å². The van der Waals surface area contributed by atoms with Crippen molar-refractivity contribution < 1.29 is 9.59 Å². The van der Waals surface area contributed by atoms with Gasteiger partial charge in [0.25, 0.3) is 0 Å². The van der Waals surface area contributed by atoms with Crippen LogP contribution in [0, 0.1) is 5.41 Å². The lowest BCUT2D eigenvalue weighted by molar-refractivity contribution is -0.134. The van der Waals surface area contributed by atoms with Crippen LogP contribution in [0.25, 0.3) is 6.08 Å². The van der Waals surface area contributed by atoms with Crippen LogP contribution in [-0.2, 0) is 9.59 Å².